The fourth-order valence-corrected chi connectivity index (χ4v) is 1.96. The first-order chi connectivity index (χ1) is 7.24. The molecule has 2 rings (SSSR count). The lowest BCUT2D eigenvalue weighted by Gasteiger charge is -2.00. The Morgan fingerprint density at radius 3 is 2.27 bits per heavy atom. The molecule has 1 heterocycles. The van der Waals surface area contributed by atoms with Crippen molar-refractivity contribution in [2.45, 2.75) is 17.0 Å². The van der Waals surface area contributed by atoms with Crippen molar-refractivity contribution >= 4 is 27.7 Å². The fourth-order valence-electron chi connectivity index (χ4n) is 1.06. The zero-order valence-electron chi connectivity index (χ0n) is 8.14. The van der Waals surface area contributed by atoms with Gasteiger partial charge in [0.1, 0.15) is 0 Å². The van der Waals surface area contributed by atoms with E-state index in [9.17, 15) is 0 Å². The van der Waals surface area contributed by atoms with Crippen LogP contribution in [0, 0.1) is 6.92 Å². The number of aromatic nitrogens is 2. The van der Waals surface area contributed by atoms with Crippen LogP contribution in [-0.2, 0) is 0 Å². The summed E-state index contributed by atoms with van der Waals surface area (Å²) in [6.07, 6.45) is 3.51. The van der Waals surface area contributed by atoms with Gasteiger partial charge in [-0.25, -0.2) is 9.97 Å². The number of nitrogens with zero attached hydrogens (tertiary/aromatic N) is 2. The van der Waals surface area contributed by atoms with Crippen LogP contribution < -0.4 is 0 Å². The molecule has 0 spiro atoms. The van der Waals surface area contributed by atoms with E-state index in [0.29, 0.717) is 0 Å². The van der Waals surface area contributed by atoms with E-state index in [1.807, 2.05) is 0 Å². The molecule has 1 aromatic carbocycles. The summed E-state index contributed by atoms with van der Waals surface area (Å²) in [7, 11) is 0. The molecule has 0 unspecified atom stereocenters. The number of hydrogen-bond acceptors (Lipinski definition) is 3. The second kappa shape index (κ2) is 4.77. The third-order valence-electron chi connectivity index (χ3n) is 1.83. The van der Waals surface area contributed by atoms with Crippen molar-refractivity contribution in [3.8, 4) is 0 Å². The Labute approximate surface area is 101 Å². The summed E-state index contributed by atoms with van der Waals surface area (Å²) in [6, 6.07) is 8.32. The summed E-state index contributed by atoms with van der Waals surface area (Å²) in [6.45, 7) is 2.07. The monoisotopic (exact) mass is 280 g/mol. The molecule has 0 saturated carbocycles. The van der Waals surface area contributed by atoms with Gasteiger partial charge in [0.25, 0.3) is 0 Å². The lowest BCUT2D eigenvalue weighted by Crippen LogP contribution is -1.84. The van der Waals surface area contributed by atoms with E-state index in [1.54, 1.807) is 24.2 Å². The number of halogens is 1. The molecule has 1 aromatic heterocycles. The minimum absolute atomic E-state index is 0.766. The average molecular weight is 281 g/mol. The Bertz CT molecular complexity index is 396. The molecule has 0 saturated heterocycles. The molecule has 4 heteroatoms. The van der Waals surface area contributed by atoms with Gasteiger partial charge in [-0.15, -0.1) is 0 Å². The highest BCUT2D eigenvalue weighted by Crippen LogP contribution is 2.24. The minimum Gasteiger partial charge on any atom is -0.230 e. The second-order valence-electron chi connectivity index (χ2n) is 3.10. The minimum atomic E-state index is 0.766. The maximum absolute atomic E-state index is 4.20. The average Bonchev–Trinajstić information content (AvgIpc) is 2.25. The van der Waals surface area contributed by atoms with Gasteiger partial charge >= 0.3 is 0 Å². The molecule has 0 bridgehead atoms. The molecule has 0 aliphatic rings. The second-order valence-corrected chi connectivity index (χ2v) is 5.06. The highest BCUT2D eigenvalue weighted by Gasteiger charge is 1.99. The fraction of sp³-hybridized carbons (Fsp3) is 0.0909. The number of benzene rings is 1. The summed E-state index contributed by atoms with van der Waals surface area (Å²) in [5, 5.41) is 0.766. The van der Waals surface area contributed by atoms with Crippen LogP contribution in [0.25, 0.3) is 0 Å². The molecule has 0 N–H and O–H groups in total. The number of aryl methyl sites for hydroxylation is 1. The zero-order chi connectivity index (χ0) is 10.7. The molecule has 0 aliphatic heterocycles. The summed E-state index contributed by atoms with van der Waals surface area (Å²) < 4.78 is 0.899. The van der Waals surface area contributed by atoms with Crippen LogP contribution in [0.15, 0.2) is 51.2 Å². The molecule has 0 fully saturated rings. The summed E-state index contributed by atoms with van der Waals surface area (Å²) in [5.74, 6) is 0. The van der Waals surface area contributed by atoms with Crippen LogP contribution >= 0.6 is 27.7 Å². The first kappa shape index (κ1) is 10.6. The van der Waals surface area contributed by atoms with Gasteiger partial charge < -0.3 is 0 Å². The normalized spacial score (nSPS) is 10.3. The quantitative estimate of drug-likeness (QED) is 0.785. The van der Waals surface area contributed by atoms with E-state index in [-0.39, 0.29) is 0 Å². The van der Waals surface area contributed by atoms with Crippen molar-refractivity contribution in [1.82, 2.24) is 9.97 Å². The summed E-state index contributed by atoms with van der Waals surface area (Å²) in [5.41, 5.74) is 1.26. The zero-order valence-corrected chi connectivity index (χ0v) is 10.5. The van der Waals surface area contributed by atoms with Crippen LogP contribution in [0.4, 0.5) is 0 Å². The van der Waals surface area contributed by atoms with Crippen LogP contribution in [0.5, 0.6) is 0 Å². The lowest BCUT2D eigenvalue weighted by molar-refractivity contribution is 0.958. The SMILES string of the molecule is Cc1ccc(Sc2ncc(Br)cn2)cc1. The van der Waals surface area contributed by atoms with E-state index in [2.05, 4.69) is 57.1 Å². The van der Waals surface area contributed by atoms with Gasteiger partial charge in [0.2, 0.25) is 0 Å². The van der Waals surface area contributed by atoms with Crippen LogP contribution in [0.1, 0.15) is 5.56 Å². The van der Waals surface area contributed by atoms with Crippen molar-refractivity contribution in [3.63, 3.8) is 0 Å². The first-order valence-electron chi connectivity index (χ1n) is 4.46. The van der Waals surface area contributed by atoms with Crippen LogP contribution in [0.2, 0.25) is 0 Å². The first-order valence-corrected chi connectivity index (χ1v) is 6.07. The predicted octanol–water partition coefficient (Wildman–Crippen LogP) is 3.70. The molecule has 0 radical (unpaired) electrons. The molecule has 0 atom stereocenters. The van der Waals surface area contributed by atoms with Gasteiger partial charge in [-0.1, -0.05) is 17.7 Å². The Morgan fingerprint density at radius 1 is 1.07 bits per heavy atom. The Balaban J connectivity index is 2.15. The number of hydrogen-bond donors (Lipinski definition) is 0. The lowest BCUT2D eigenvalue weighted by atomic mass is 10.2. The van der Waals surface area contributed by atoms with Gasteiger partial charge in [-0.3, -0.25) is 0 Å². The molecule has 2 nitrogen and oxygen atoms in total. The summed E-state index contributed by atoms with van der Waals surface area (Å²) in [4.78, 5) is 9.56. The molecule has 2 aromatic rings. The van der Waals surface area contributed by atoms with Gasteiger partial charge in [0.05, 0.1) is 4.47 Å². The maximum atomic E-state index is 4.20. The third kappa shape index (κ3) is 3.04. The van der Waals surface area contributed by atoms with E-state index < -0.39 is 0 Å². The van der Waals surface area contributed by atoms with Crippen molar-refractivity contribution < 1.29 is 0 Å². The Kier molecular flexibility index (Phi) is 3.38. The maximum Gasteiger partial charge on any atom is 0.192 e. The largest absolute Gasteiger partial charge is 0.230 e. The highest BCUT2D eigenvalue weighted by molar-refractivity contribution is 9.10. The molecule has 76 valence electrons. The Morgan fingerprint density at radius 2 is 1.67 bits per heavy atom. The van der Waals surface area contributed by atoms with Crippen LogP contribution in [-0.4, -0.2) is 9.97 Å². The molecular weight excluding hydrogens is 272 g/mol. The van der Waals surface area contributed by atoms with Crippen molar-refractivity contribution in [1.29, 1.82) is 0 Å². The molecule has 15 heavy (non-hydrogen) atoms. The van der Waals surface area contributed by atoms with E-state index in [4.69, 9.17) is 0 Å². The third-order valence-corrected chi connectivity index (χ3v) is 3.14. The number of rotatable bonds is 2. The standard InChI is InChI=1S/C11H9BrN2S/c1-8-2-4-10(5-3-8)15-11-13-6-9(12)7-14-11/h2-7H,1H3. The van der Waals surface area contributed by atoms with E-state index in [0.717, 1.165) is 14.5 Å². The summed E-state index contributed by atoms with van der Waals surface area (Å²) >= 11 is 4.87. The molecular formula is C11H9BrN2S. The van der Waals surface area contributed by atoms with Crippen molar-refractivity contribution in [3.05, 3.63) is 46.7 Å². The smallest absolute Gasteiger partial charge is 0.192 e. The van der Waals surface area contributed by atoms with Gasteiger partial charge in [0, 0.05) is 17.3 Å². The van der Waals surface area contributed by atoms with Gasteiger partial charge in [-0.05, 0) is 46.7 Å². The Hall–Kier alpha value is -0.870. The van der Waals surface area contributed by atoms with Crippen molar-refractivity contribution in [2.24, 2.45) is 0 Å². The van der Waals surface area contributed by atoms with Gasteiger partial charge in [0.15, 0.2) is 5.16 Å². The topological polar surface area (TPSA) is 25.8 Å². The van der Waals surface area contributed by atoms with Gasteiger partial charge in [-0.2, -0.15) is 0 Å². The van der Waals surface area contributed by atoms with E-state index >= 15 is 0 Å². The van der Waals surface area contributed by atoms with Crippen molar-refractivity contribution in [2.75, 3.05) is 0 Å². The van der Waals surface area contributed by atoms with E-state index in [1.165, 1.54) is 5.56 Å². The predicted molar refractivity (Wildman–Crippen MR) is 65.0 cm³/mol. The molecule has 0 aliphatic carbocycles. The highest BCUT2D eigenvalue weighted by atomic mass is 79.9. The van der Waals surface area contributed by atoms with Crippen LogP contribution in [0.3, 0.4) is 0 Å². The molecule has 0 amide bonds.